The highest BCUT2D eigenvalue weighted by atomic mass is 19.1. The molecule has 2 rings (SSSR count). The van der Waals surface area contributed by atoms with Crippen LogP contribution in [0.15, 0.2) is 18.2 Å². The first-order valence-electron chi connectivity index (χ1n) is 4.03. The van der Waals surface area contributed by atoms with Gasteiger partial charge >= 0.3 is 0 Å². The van der Waals surface area contributed by atoms with E-state index in [1.165, 1.54) is 6.07 Å². The normalized spacial score (nSPS) is 10.9. The fourth-order valence-corrected chi connectivity index (χ4v) is 1.59. The molecule has 0 saturated carbocycles. The van der Waals surface area contributed by atoms with Crippen LogP contribution >= 0.6 is 0 Å². The lowest BCUT2D eigenvalue weighted by molar-refractivity contribution is 0.631. The zero-order valence-electron chi connectivity index (χ0n) is 7.47. The second-order valence-corrected chi connectivity index (χ2v) is 3.12. The van der Waals surface area contributed by atoms with E-state index in [2.05, 4.69) is 13.2 Å². The van der Waals surface area contributed by atoms with E-state index in [0.29, 0.717) is 5.52 Å². The molecule has 0 spiro atoms. The number of hydrogen-bond acceptors (Lipinski definition) is 0. The van der Waals surface area contributed by atoms with Crippen molar-refractivity contribution in [1.29, 1.82) is 0 Å². The van der Waals surface area contributed by atoms with Gasteiger partial charge in [-0.05, 0) is 11.3 Å². The van der Waals surface area contributed by atoms with Gasteiger partial charge in [-0.25, -0.2) is 4.39 Å². The molecular weight excluding hydrogens is 165 g/mol. The third-order valence-corrected chi connectivity index (χ3v) is 2.40. The lowest BCUT2D eigenvalue weighted by Gasteiger charge is -1.96. The Kier molecular flexibility index (Phi) is 1.52. The first kappa shape index (κ1) is 8.05. The molecule has 66 valence electrons. The maximum atomic E-state index is 13.4. The average Bonchev–Trinajstić information content (AvgIpc) is 2.33. The van der Waals surface area contributed by atoms with Gasteiger partial charge in [0.25, 0.3) is 0 Å². The maximum Gasteiger partial charge on any atom is 0.147 e. The lowest BCUT2D eigenvalue weighted by atomic mass is 10.2. The third-order valence-electron chi connectivity index (χ3n) is 2.40. The Morgan fingerprint density at radius 2 is 2.00 bits per heavy atom. The summed E-state index contributed by atoms with van der Waals surface area (Å²) in [5, 5.41) is 2.41. The first-order valence-corrected chi connectivity index (χ1v) is 4.03. The van der Waals surface area contributed by atoms with E-state index in [0.717, 1.165) is 16.0 Å². The number of fused-ring (bicyclic) bond motifs is 1. The van der Waals surface area contributed by atoms with Crippen molar-refractivity contribution in [3.63, 3.8) is 0 Å². The number of aryl methyl sites for hydroxylation is 1. The van der Waals surface area contributed by atoms with E-state index in [1.54, 1.807) is 17.7 Å². The lowest BCUT2D eigenvalue weighted by Crippen LogP contribution is -2.24. The van der Waals surface area contributed by atoms with E-state index >= 15 is 0 Å². The fraction of sp³-hybridized carbons (Fsp3) is 0.0909. The topological polar surface area (TPSA) is 4.93 Å². The van der Waals surface area contributed by atoms with Gasteiger partial charge in [0, 0.05) is 17.8 Å². The second kappa shape index (κ2) is 2.46. The summed E-state index contributed by atoms with van der Waals surface area (Å²) < 4.78 is 15.1. The van der Waals surface area contributed by atoms with Crippen LogP contribution in [0.5, 0.6) is 0 Å². The smallest absolute Gasteiger partial charge is 0.147 e. The Balaban J connectivity index is 3.22. The summed E-state index contributed by atoms with van der Waals surface area (Å²) >= 11 is 0. The zero-order chi connectivity index (χ0) is 9.59. The monoisotopic (exact) mass is 175 g/mol. The minimum atomic E-state index is -0.222. The van der Waals surface area contributed by atoms with E-state index in [-0.39, 0.29) is 5.82 Å². The molecule has 0 unspecified atom stereocenters. The second-order valence-electron chi connectivity index (χ2n) is 3.12. The zero-order valence-corrected chi connectivity index (χ0v) is 7.47. The highest BCUT2D eigenvalue weighted by molar-refractivity contribution is 5.81. The molecular formula is C11H10FN. The van der Waals surface area contributed by atoms with Crippen molar-refractivity contribution in [2.24, 2.45) is 7.05 Å². The van der Waals surface area contributed by atoms with Crippen molar-refractivity contribution in [1.82, 2.24) is 4.57 Å². The number of para-hydroxylation sites is 1. The molecule has 0 saturated heterocycles. The number of rotatable bonds is 0. The highest BCUT2D eigenvalue weighted by Crippen LogP contribution is 2.11. The van der Waals surface area contributed by atoms with Gasteiger partial charge in [0.05, 0.1) is 5.52 Å². The summed E-state index contributed by atoms with van der Waals surface area (Å²) in [5.41, 5.74) is 0.581. The van der Waals surface area contributed by atoms with Crippen LogP contribution in [-0.4, -0.2) is 4.57 Å². The quantitative estimate of drug-likeness (QED) is 0.566. The molecule has 0 radical (unpaired) electrons. The largest absolute Gasteiger partial charge is 0.342 e. The summed E-state index contributed by atoms with van der Waals surface area (Å²) in [6.45, 7) is 7.69. The van der Waals surface area contributed by atoms with Crippen molar-refractivity contribution < 1.29 is 4.39 Å². The Morgan fingerprint density at radius 3 is 2.62 bits per heavy atom. The summed E-state index contributed by atoms with van der Waals surface area (Å²) in [4.78, 5) is 0. The first-order chi connectivity index (χ1) is 6.13. The van der Waals surface area contributed by atoms with Gasteiger partial charge in [-0.1, -0.05) is 25.3 Å². The molecule has 0 N–H and O–H groups in total. The highest BCUT2D eigenvalue weighted by Gasteiger charge is 2.05. The molecule has 1 heterocycles. The van der Waals surface area contributed by atoms with Gasteiger partial charge < -0.3 is 4.57 Å². The van der Waals surface area contributed by atoms with Crippen LogP contribution in [0.4, 0.5) is 4.39 Å². The molecule has 0 bridgehead atoms. The Labute approximate surface area is 75.4 Å². The van der Waals surface area contributed by atoms with Gasteiger partial charge in [0.15, 0.2) is 0 Å². The van der Waals surface area contributed by atoms with Crippen LogP contribution in [0.1, 0.15) is 0 Å². The Morgan fingerprint density at radius 1 is 1.31 bits per heavy atom. The van der Waals surface area contributed by atoms with Crippen LogP contribution in [0.2, 0.25) is 0 Å². The van der Waals surface area contributed by atoms with Crippen LogP contribution < -0.4 is 10.6 Å². The molecule has 0 aliphatic carbocycles. The number of benzene rings is 1. The van der Waals surface area contributed by atoms with Crippen LogP contribution in [-0.2, 0) is 7.05 Å². The van der Waals surface area contributed by atoms with Gasteiger partial charge in [0.2, 0.25) is 0 Å². The number of aromatic nitrogens is 1. The molecule has 0 amide bonds. The van der Waals surface area contributed by atoms with Crippen LogP contribution in [0.3, 0.4) is 0 Å². The van der Waals surface area contributed by atoms with Crippen molar-refractivity contribution >= 4 is 24.1 Å². The Bertz CT molecular complexity index is 566. The third kappa shape index (κ3) is 0.917. The van der Waals surface area contributed by atoms with Gasteiger partial charge in [-0.15, -0.1) is 0 Å². The molecule has 0 aliphatic heterocycles. The predicted molar refractivity (Wildman–Crippen MR) is 53.2 cm³/mol. The molecule has 1 aromatic carbocycles. The van der Waals surface area contributed by atoms with Gasteiger partial charge in [-0.3, -0.25) is 0 Å². The van der Waals surface area contributed by atoms with Gasteiger partial charge in [0.1, 0.15) is 5.82 Å². The van der Waals surface area contributed by atoms with E-state index < -0.39 is 0 Å². The van der Waals surface area contributed by atoms with Crippen molar-refractivity contribution in [2.45, 2.75) is 0 Å². The summed E-state index contributed by atoms with van der Waals surface area (Å²) in [7, 11) is 1.79. The molecule has 1 aromatic heterocycles. The number of hydrogen-bond donors (Lipinski definition) is 0. The minimum absolute atomic E-state index is 0.222. The summed E-state index contributed by atoms with van der Waals surface area (Å²) in [6.07, 6.45) is 0. The van der Waals surface area contributed by atoms with Crippen molar-refractivity contribution in [2.75, 3.05) is 0 Å². The average molecular weight is 175 g/mol. The molecule has 2 heteroatoms. The molecule has 1 nitrogen and oxygen atoms in total. The fourth-order valence-electron chi connectivity index (χ4n) is 1.59. The molecule has 0 atom stereocenters. The molecule has 0 fully saturated rings. The maximum absolute atomic E-state index is 13.4. The summed E-state index contributed by atoms with van der Waals surface area (Å²) in [5.74, 6) is -0.222. The number of halogens is 1. The number of nitrogens with zero attached hydrogens (tertiary/aromatic N) is 1. The van der Waals surface area contributed by atoms with E-state index in [4.69, 9.17) is 0 Å². The van der Waals surface area contributed by atoms with Crippen molar-refractivity contribution in [3.05, 3.63) is 34.6 Å². The minimum Gasteiger partial charge on any atom is -0.342 e. The van der Waals surface area contributed by atoms with Crippen molar-refractivity contribution in [3.8, 4) is 0 Å². The Hall–Kier alpha value is -1.57. The standard InChI is InChI=1S/C11H10FN/c1-7-8(2)13(3)11-9(7)5-4-6-10(11)12/h4-6H,1-2H2,3H3. The van der Waals surface area contributed by atoms with E-state index in [1.807, 2.05) is 6.07 Å². The van der Waals surface area contributed by atoms with Gasteiger partial charge in [-0.2, -0.15) is 0 Å². The summed E-state index contributed by atoms with van der Waals surface area (Å²) in [6, 6.07) is 4.99. The molecule has 13 heavy (non-hydrogen) atoms. The molecule has 2 aromatic rings. The predicted octanol–water partition coefficient (Wildman–Crippen LogP) is 1.14. The molecule has 0 aliphatic rings. The van der Waals surface area contributed by atoms with Crippen LogP contribution in [0, 0.1) is 5.82 Å². The van der Waals surface area contributed by atoms with Crippen LogP contribution in [0.25, 0.3) is 24.1 Å². The SMILES string of the molecule is C=c1c(=C)n(C)c2c(F)cccc12. The van der Waals surface area contributed by atoms with E-state index in [9.17, 15) is 4.39 Å².